The van der Waals surface area contributed by atoms with Gasteiger partial charge in [-0.1, -0.05) is 46.3 Å². The average molecular weight is 386 g/mol. The largest absolute Gasteiger partial charge is 0.430 e. The Hall–Kier alpha value is -1.86. The normalized spacial score (nSPS) is 20.7. The van der Waals surface area contributed by atoms with Gasteiger partial charge in [0.05, 0.1) is 12.2 Å². The van der Waals surface area contributed by atoms with Crippen molar-refractivity contribution in [2.24, 2.45) is 0 Å². The summed E-state index contributed by atoms with van der Waals surface area (Å²) in [6.07, 6.45) is -5.11. The molecule has 0 fully saturated rings. The lowest BCUT2D eigenvalue weighted by Crippen LogP contribution is -2.50. The Bertz CT molecular complexity index is 764. The molecular weight excluding hydrogens is 375 g/mol. The molecule has 0 bridgehead atoms. The van der Waals surface area contributed by atoms with Crippen LogP contribution < -0.4 is 4.90 Å². The highest BCUT2D eigenvalue weighted by Crippen LogP contribution is 2.50. The number of aliphatic hydroxyl groups is 1. The summed E-state index contributed by atoms with van der Waals surface area (Å²) in [5.41, 5.74) is -3.26. The van der Waals surface area contributed by atoms with Crippen molar-refractivity contribution < 1.29 is 23.1 Å². The summed E-state index contributed by atoms with van der Waals surface area (Å²) < 4.78 is 40.6. The molecule has 0 aromatic heterocycles. The van der Waals surface area contributed by atoms with Gasteiger partial charge in [-0.3, -0.25) is 4.79 Å². The fraction of sp³-hybridized carbons (Fsp3) is 0.188. The van der Waals surface area contributed by atoms with E-state index >= 15 is 0 Å². The zero-order chi connectivity index (χ0) is 16.8. The van der Waals surface area contributed by atoms with Crippen molar-refractivity contribution >= 4 is 27.5 Å². The Morgan fingerprint density at radius 1 is 1.13 bits per heavy atom. The quantitative estimate of drug-likeness (QED) is 0.855. The van der Waals surface area contributed by atoms with Crippen LogP contribution in [0.15, 0.2) is 53.0 Å². The highest BCUT2D eigenvalue weighted by molar-refractivity contribution is 9.10. The smallest absolute Gasteiger partial charge is 0.368 e. The van der Waals surface area contributed by atoms with Gasteiger partial charge in [0.15, 0.2) is 0 Å². The first-order valence-electron chi connectivity index (χ1n) is 6.70. The van der Waals surface area contributed by atoms with Crippen molar-refractivity contribution in [2.75, 3.05) is 4.90 Å². The number of hydrogen-bond acceptors (Lipinski definition) is 2. The Balaban J connectivity index is 2.12. The summed E-state index contributed by atoms with van der Waals surface area (Å²) in [7, 11) is 0. The van der Waals surface area contributed by atoms with E-state index in [2.05, 4.69) is 15.9 Å². The molecule has 1 heterocycles. The number of halogens is 4. The molecule has 1 aliphatic heterocycles. The van der Waals surface area contributed by atoms with Crippen molar-refractivity contribution in [3.63, 3.8) is 0 Å². The van der Waals surface area contributed by atoms with Gasteiger partial charge in [-0.25, -0.2) is 0 Å². The Kier molecular flexibility index (Phi) is 3.72. The van der Waals surface area contributed by atoms with Crippen LogP contribution in [-0.4, -0.2) is 17.2 Å². The third kappa shape index (κ3) is 2.44. The lowest BCUT2D eigenvalue weighted by atomic mass is 9.95. The maximum Gasteiger partial charge on any atom is 0.430 e. The number of anilines is 1. The fourth-order valence-corrected chi connectivity index (χ4v) is 3.01. The Labute approximate surface area is 138 Å². The van der Waals surface area contributed by atoms with Crippen LogP contribution in [0.1, 0.15) is 11.1 Å². The van der Waals surface area contributed by atoms with E-state index in [1.165, 1.54) is 12.1 Å². The van der Waals surface area contributed by atoms with Crippen LogP contribution in [0.4, 0.5) is 18.9 Å². The first-order valence-corrected chi connectivity index (χ1v) is 7.49. The number of carbonyl (C=O) groups is 1. The SMILES string of the molecule is O=C1N(Cc2ccccc2)c2ccc(Br)cc2C1(O)C(F)(F)F. The minimum atomic E-state index is -5.11. The van der Waals surface area contributed by atoms with Crippen LogP contribution in [0.25, 0.3) is 0 Å². The highest BCUT2D eigenvalue weighted by atomic mass is 79.9. The Morgan fingerprint density at radius 2 is 1.78 bits per heavy atom. The zero-order valence-corrected chi connectivity index (χ0v) is 13.2. The monoisotopic (exact) mass is 385 g/mol. The molecule has 3 rings (SSSR count). The summed E-state index contributed by atoms with van der Waals surface area (Å²) >= 11 is 3.08. The Morgan fingerprint density at radius 3 is 2.39 bits per heavy atom. The zero-order valence-electron chi connectivity index (χ0n) is 11.6. The number of rotatable bonds is 2. The van der Waals surface area contributed by atoms with Crippen molar-refractivity contribution in [1.29, 1.82) is 0 Å². The number of nitrogens with zero attached hydrogens (tertiary/aromatic N) is 1. The van der Waals surface area contributed by atoms with Crippen LogP contribution in [-0.2, 0) is 16.9 Å². The number of fused-ring (bicyclic) bond motifs is 1. The molecule has 1 atom stereocenters. The van der Waals surface area contributed by atoms with Crippen LogP contribution in [0.5, 0.6) is 0 Å². The molecule has 7 heteroatoms. The van der Waals surface area contributed by atoms with Crippen LogP contribution >= 0.6 is 15.9 Å². The molecule has 0 spiro atoms. The number of amides is 1. The van der Waals surface area contributed by atoms with Crippen LogP contribution in [0, 0.1) is 0 Å². The molecule has 0 saturated carbocycles. The number of hydrogen-bond donors (Lipinski definition) is 1. The maximum absolute atomic E-state index is 13.4. The van der Waals surface area contributed by atoms with Crippen molar-refractivity contribution in [3.05, 3.63) is 64.1 Å². The van der Waals surface area contributed by atoms with Gasteiger partial charge in [0.2, 0.25) is 0 Å². The second kappa shape index (κ2) is 5.35. The van der Waals surface area contributed by atoms with Gasteiger partial charge in [-0.15, -0.1) is 0 Å². The van der Waals surface area contributed by atoms with E-state index in [1.54, 1.807) is 30.3 Å². The van der Waals surface area contributed by atoms with Crippen LogP contribution in [0.3, 0.4) is 0 Å². The van der Waals surface area contributed by atoms with Crippen molar-refractivity contribution in [1.82, 2.24) is 0 Å². The predicted octanol–water partition coefficient (Wildman–Crippen LogP) is 3.75. The topological polar surface area (TPSA) is 40.5 Å². The predicted molar refractivity (Wildman–Crippen MR) is 81.7 cm³/mol. The molecule has 3 nitrogen and oxygen atoms in total. The minimum absolute atomic E-state index is 0.0489. The van der Waals surface area contributed by atoms with E-state index in [1.807, 2.05) is 0 Å². The molecule has 23 heavy (non-hydrogen) atoms. The average Bonchev–Trinajstić information content (AvgIpc) is 2.71. The second-order valence-electron chi connectivity index (χ2n) is 5.25. The maximum atomic E-state index is 13.4. The first-order chi connectivity index (χ1) is 10.7. The molecule has 0 radical (unpaired) electrons. The summed E-state index contributed by atoms with van der Waals surface area (Å²) in [4.78, 5) is 13.4. The molecule has 1 N–H and O–H groups in total. The van der Waals surface area contributed by atoms with E-state index in [-0.39, 0.29) is 12.2 Å². The summed E-state index contributed by atoms with van der Waals surface area (Å²) in [5.74, 6) is -1.39. The number of benzene rings is 2. The van der Waals surface area contributed by atoms with E-state index in [9.17, 15) is 23.1 Å². The third-order valence-electron chi connectivity index (χ3n) is 3.79. The molecule has 1 unspecified atom stereocenters. The van der Waals surface area contributed by atoms with E-state index in [4.69, 9.17) is 0 Å². The van der Waals surface area contributed by atoms with Gasteiger partial charge < -0.3 is 10.0 Å². The van der Waals surface area contributed by atoms with Crippen molar-refractivity contribution in [3.8, 4) is 0 Å². The van der Waals surface area contributed by atoms with Gasteiger partial charge in [0, 0.05) is 10.0 Å². The molecule has 2 aromatic carbocycles. The van der Waals surface area contributed by atoms with Crippen LogP contribution in [0.2, 0.25) is 0 Å². The van der Waals surface area contributed by atoms with E-state index < -0.39 is 23.2 Å². The van der Waals surface area contributed by atoms with E-state index in [0.29, 0.717) is 10.0 Å². The van der Waals surface area contributed by atoms with E-state index in [0.717, 1.165) is 11.0 Å². The standard InChI is InChI=1S/C16H11BrF3NO2/c17-11-6-7-13-12(8-11)15(23,16(18,19)20)14(22)21(13)9-10-4-2-1-3-5-10/h1-8,23H,9H2. The van der Waals surface area contributed by atoms with Gasteiger partial charge in [0.1, 0.15) is 0 Å². The molecule has 2 aromatic rings. The molecule has 0 aliphatic carbocycles. The second-order valence-corrected chi connectivity index (χ2v) is 6.16. The summed E-state index contributed by atoms with van der Waals surface area (Å²) in [5, 5.41) is 10.2. The molecule has 120 valence electrons. The lowest BCUT2D eigenvalue weighted by molar-refractivity contribution is -0.253. The molecular formula is C16H11BrF3NO2. The molecule has 1 amide bonds. The third-order valence-corrected chi connectivity index (χ3v) is 4.28. The molecule has 1 aliphatic rings. The van der Waals surface area contributed by atoms with Gasteiger partial charge in [-0.2, -0.15) is 13.2 Å². The number of alkyl halides is 3. The first kappa shape index (κ1) is 16.0. The summed E-state index contributed by atoms with van der Waals surface area (Å²) in [6, 6.07) is 12.7. The lowest BCUT2D eigenvalue weighted by Gasteiger charge is -2.25. The minimum Gasteiger partial charge on any atom is -0.368 e. The van der Waals surface area contributed by atoms with Gasteiger partial charge >= 0.3 is 6.18 Å². The highest BCUT2D eigenvalue weighted by Gasteiger charge is 2.66. The van der Waals surface area contributed by atoms with Gasteiger partial charge in [-0.05, 0) is 23.8 Å². The number of carbonyl (C=O) groups excluding carboxylic acids is 1. The fourth-order valence-electron chi connectivity index (χ4n) is 2.65. The molecule has 0 saturated heterocycles. The van der Waals surface area contributed by atoms with Gasteiger partial charge in [0.25, 0.3) is 11.5 Å². The summed E-state index contributed by atoms with van der Waals surface area (Å²) in [6.45, 7) is -0.0489. The van der Waals surface area contributed by atoms with Crippen molar-refractivity contribution in [2.45, 2.75) is 18.3 Å².